The summed E-state index contributed by atoms with van der Waals surface area (Å²) >= 11 is 3.55. The van der Waals surface area contributed by atoms with Gasteiger partial charge in [-0.1, -0.05) is 34.8 Å². The van der Waals surface area contributed by atoms with Crippen LogP contribution in [0.25, 0.3) is 10.8 Å². The summed E-state index contributed by atoms with van der Waals surface area (Å²) in [5, 5.41) is 12.9. The minimum absolute atomic E-state index is 0.303. The Morgan fingerprint density at radius 1 is 1.25 bits per heavy atom. The third kappa shape index (κ3) is 2.62. The molecule has 0 radical (unpaired) electrons. The van der Waals surface area contributed by atoms with Gasteiger partial charge in [0.25, 0.3) is 0 Å². The van der Waals surface area contributed by atoms with Crippen LogP contribution in [0.2, 0.25) is 0 Å². The van der Waals surface area contributed by atoms with Gasteiger partial charge >= 0.3 is 0 Å². The second kappa shape index (κ2) is 6.00. The summed E-state index contributed by atoms with van der Waals surface area (Å²) in [6.45, 7) is 0.951. The maximum Gasteiger partial charge on any atom is 0.136 e. The number of phenols is 1. The number of anilines is 1. The van der Waals surface area contributed by atoms with Gasteiger partial charge in [0.1, 0.15) is 11.6 Å². The molecule has 0 bridgehead atoms. The quantitative estimate of drug-likeness (QED) is 0.855. The molecule has 2 aromatic rings. The van der Waals surface area contributed by atoms with Crippen molar-refractivity contribution >= 4 is 32.5 Å². The SMILES string of the molecule is Oc1ccc2ccnc(N(CCBr)C3CCCC3)c2c1. The van der Waals surface area contributed by atoms with Crippen LogP contribution in [0, 0.1) is 0 Å². The lowest BCUT2D eigenvalue weighted by Crippen LogP contribution is -2.35. The fourth-order valence-electron chi connectivity index (χ4n) is 3.14. The first-order valence-electron chi connectivity index (χ1n) is 7.20. The first kappa shape index (κ1) is 13.7. The van der Waals surface area contributed by atoms with Gasteiger partial charge < -0.3 is 10.0 Å². The van der Waals surface area contributed by atoms with Gasteiger partial charge in [-0.25, -0.2) is 4.98 Å². The number of hydrogen-bond donors (Lipinski definition) is 1. The smallest absolute Gasteiger partial charge is 0.136 e. The van der Waals surface area contributed by atoms with Crippen molar-refractivity contribution in [2.24, 2.45) is 0 Å². The lowest BCUT2D eigenvalue weighted by atomic mass is 10.1. The van der Waals surface area contributed by atoms with Crippen LogP contribution in [-0.4, -0.2) is 28.0 Å². The lowest BCUT2D eigenvalue weighted by molar-refractivity contribution is 0.476. The highest BCUT2D eigenvalue weighted by atomic mass is 79.9. The molecular formula is C16H19BrN2O. The molecule has 3 rings (SSSR count). The highest BCUT2D eigenvalue weighted by Crippen LogP contribution is 2.33. The molecule has 0 aliphatic heterocycles. The molecule has 0 amide bonds. The fraction of sp³-hybridized carbons (Fsp3) is 0.438. The van der Waals surface area contributed by atoms with Gasteiger partial charge in [0.05, 0.1) is 0 Å². The predicted molar refractivity (Wildman–Crippen MR) is 86.8 cm³/mol. The van der Waals surface area contributed by atoms with Crippen LogP contribution in [-0.2, 0) is 0 Å². The van der Waals surface area contributed by atoms with E-state index >= 15 is 0 Å². The molecule has 106 valence electrons. The Kier molecular flexibility index (Phi) is 4.10. The molecule has 1 aromatic heterocycles. The third-order valence-corrected chi connectivity index (χ3v) is 4.45. The molecular weight excluding hydrogens is 316 g/mol. The minimum atomic E-state index is 0.303. The van der Waals surface area contributed by atoms with Crippen LogP contribution < -0.4 is 4.90 Å². The number of fused-ring (bicyclic) bond motifs is 1. The first-order valence-corrected chi connectivity index (χ1v) is 8.32. The van der Waals surface area contributed by atoms with Gasteiger partial charge in [0.2, 0.25) is 0 Å². The first-order chi connectivity index (χ1) is 9.79. The predicted octanol–water partition coefficient (Wildman–Crippen LogP) is 4.08. The zero-order valence-electron chi connectivity index (χ0n) is 11.4. The number of hydrogen-bond acceptors (Lipinski definition) is 3. The van der Waals surface area contributed by atoms with E-state index in [-0.39, 0.29) is 0 Å². The van der Waals surface area contributed by atoms with Crippen molar-refractivity contribution in [2.75, 3.05) is 16.8 Å². The van der Waals surface area contributed by atoms with E-state index in [0.717, 1.165) is 28.5 Å². The van der Waals surface area contributed by atoms with Crippen molar-refractivity contribution in [3.63, 3.8) is 0 Å². The Hall–Kier alpha value is -1.29. The number of phenolic OH excluding ortho intramolecular Hbond substituents is 1. The number of rotatable bonds is 4. The molecule has 20 heavy (non-hydrogen) atoms. The van der Waals surface area contributed by atoms with E-state index < -0.39 is 0 Å². The van der Waals surface area contributed by atoms with Gasteiger partial charge in [-0.3, -0.25) is 0 Å². The van der Waals surface area contributed by atoms with E-state index in [0.29, 0.717) is 11.8 Å². The van der Waals surface area contributed by atoms with E-state index in [2.05, 4.69) is 25.8 Å². The molecule has 3 nitrogen and oxygen atoms in total. The van der Waals surface area contributed by atoms with Crippen LogP contribution in [0.3, 0.4) is 0 Å². The number of halogens is 1. The molecule has 1 fully saturated rings. The van der Waals surface area contributed by atoms with Gasteiger partial charge in [0, 0.05) is 29.5 Å². The Balaban J connectivity index is 2.07. The fourth-order valence-corrected chi connectivity index (χ4v) is 3.52. The normalized spacial score (nSPS) is 15.8. The molecule has 0 saturated heterocycles. The number of pyridine rings is 1. The summed E-state index contributed by atoms with van der Waals surface area (Å²) in [5.41, 5.74) is 0. The molecule has 0 spiro atoms. The molecule has 1 N–H and O–H groups in total. The van der Waals surface area contributed by atoms with E-state index in [1.807, 2.05) is 24.4 Å². The lowest BCUT2D eigenvalue weighted by Gasteiger charge is -2.30. The van der Waals surface area contributed by atoms with Crippen LogP contribution in [0.1, 0.15) is 25.7 Å². The summed E-state index contributed by atoms with van der Waals surface area (Å²) < 4.78 is 0. The Labute approximate surface area is 127 Å². The van der Waals surface area contributed by atoms with Crippen LogP contribution in [0.4, 0.5) is 5.82 Å². The van der Waals surface area contributed by atoms with Gasteiger partial charge in [-0.05, 0) is 36.4 Å². The van der Waals surface area contributed by atoms with Crippen molar-refractivity contribution in [3.8, 4) is 5.75 Å². The molecule has 1 aliphatic carbocycles. The number of nitrogens with zero attached hydrogens (tertiary/aromatic N) is 2. The largest absolute Gasteiger partial charge is 0.508 e. The minimum Gasteiger partial charge on any atom is -0.508 e. The Morgan fingerprint density at radius 2 is 2.05 bits per heavy atom. The Morgan fingerprint density at radius 3 is 2.80 bits per heavy atom. The Bertz CT molecular complexity index is 596. The van der Waals surface area contributed by atoms with Crippen LogP contribution >= 0.6 is 15.9 Å². The van der Waals surface area contributed by atoms with E-state index in [9.17, 15) is 5.11 Å². The monoisotopic (exact) mass is 334 g/mol. The number of aromatic nitrogens is 1. The summed E-state index contributed by atoms with van der Waals surface area (Å²) in [6, 6.07) is 8.09. The van der Waals surface area contributed by atoms with E-state index in [4.69, 9.17) is 0 Å². The summed E-state index contributed by atoms with van der Waals surface area (Å²) in [4.78, 5) is 7.01. The summed E-state index contributed by atoms with van der Waals surface area (Å²) in [7, 11) is 0. The topological polar surface area (TPSA) is 36.4 Å². The standard InChI is InChI=1S/C16H19BrN2O/c17-8-10-19(13-3-1-2-4-13)16-15-11-14(20)6-5-12(15)7-9-18-16/h5-7,9,11,13,20H,1-4,8,10H2. The maximum absolute atomic E-state index is 9.78. The zero-order valence-corrected chi connectivity index (χ0v) is 13.0. The maximum atomic E-state index is 9.78. The molecule has 1 saturated carbocycles. The van der Waals surface area contributed by atoms with Gasteiger partial charge in [-0.15, -0.1) is 0 Å². The van der Waals surface area contributed by atoms with Gasteiger partial charge in [-0.2, -0.15) is 0 Å². The molecule has 0 atom stereocenters. The van der Waals surface area contributed by atoms with Crippen molar-refractivity contribution in [1.29, 1.82) is 0 Å². The summed E-state index contributed by atoms with van der Waals surface area (Å²) in [6.07, 6.45) is 6.96. The third-order valence-electron chi connectivity index (χ3n) is 4.09. The zero-order chi connectivity index (χ0) is 13.9. The van der Waals surface area contributed by atoms with Gasteiger partial charge in [0.15, 0.2) is 0 Å². The van der Waals surface area contributed by atoms with Crippen molar-refractivity contribution in [2.45, 2.75) is 31.7 Å². The van der Waals surface area contributed by atoms with Crippen molar-refractivity contribution in [3.05, 3.63) is 30.5 Å². The van der Waals surface area contributed by atoms with E-state index in [1.54, 1.807) is 6.07 Å². The van der Waals surface area contributed by atoms with Crippen LogP contribution in [0.5, 0.6) is 5.75 Å². The molecule has 1 aromatic carbocycles. The highest BCUT2D eigenvalue weighted by Gasteiger charge is 2.24. The summed E-state index contributed by atoms with van der Waals surface area (Å²) in [5.74, 6) is 1.31. The molecule has 1 heterocycles. The number of benzene rings is 1. The molecule has 4 heteroatoms. The molecule has 0 unspecified atom stereocenters. The van der Waals surface area contributed by atoms with Crippen LogP contribution in [0.15, 0.2) is 30.5 Å². The average Bonchev–Trinajstić information content (AvgIpc) is 2.98. The van der Waals surface area contributed by atoms with Crippen molar-refractivity contribution in [1.82, 2.24) is 4.98 Å². The molecule has 1 aliphatic rings. The number of aromatic hydroxyl groups is 1. The average molecular weight is 335 g/mol. The highest BCUT2D eigenvalue weighted by molar-refractivity contribution is 9.09. The number of alkyl halides is 1. The second-order valence-corrected chi connectivity index (χ2v) is 6.15. The second-order valence-electron chi connectivity index (χ2n) is 5.36. The van der Waals surface area contributed by atoms with E-state index in [1.165, 1.54) is 25.7 Å². The van der Waals surface area contributed by atoms with Crippen molar-refractivity contribution < 1.29 is 5.11 Å².